The van der Waals surface area contributed by atoms with Crippen LogP contribution >= 0.6 is 0 Å². The van der Waals surface area contributed by atoms with Gasteiger partial charge in [0.1, 0.15) is 0 Å². The van der Waals surface area contributed by atoms with Crippen LogP contribution in [0.3, 0.4) is 0 Å². The largest absolute Gasteiger partial charge is 0.318 e. The smallest absolute Gasteiger partial charge is 0.256 e. The van der Waals surface area contributed by atoms with Gasteiger partial charge in [-0.3, -0.25) is 4.79 Å². The molecule has 1 aromatic rings. The SMILES string of the molecule is O=C(Nc1cccnc1F)C1=C2C=C3CC3=C2C=C1. The van der Waals surface area contributed by atoms with Crippen molar-refractivity contribution < 1.29 is 9.18 Å². The van der Waals surface area contributed by atoms with Crippen LogP contribution in [0.4, 0.5) is 10.1 Å². The van der Waals surface area contributed by atoms with Crippen molar-refractivity contribution in [3.05, 3.63) is 70.4 Å². The lowest BCUT2D eigenvalue weighted by Gasteiger charge is -2.06. The van der Waals surface area contributed by atoms with Gasteiger partial charge >= 0.3 is 0 Å². The molecule has 3 aliphatic carbocycles. The fourth-order valence-corrected chi connectivity index (χ4v) is 2.50. The van der Waals surface area contributed by atoms with Gasteiger partial charge < -0.3 is 5.32 Å². The minimum absolute atomic E-state index is 0.103. The van der Waals surface area contributed by atoms with E-state index in [1.807, 2.05) is 12.2 Å². The van der Waals surface area contributed by atoms with Crippen LogP contribution in [0.5, 0.6) is 0 Å². The fraction of sp³-hybridized carbons (Fsp3) is 0.0667. The first-order valence-corrected chi connectivity index (χ1v) is 6.03. The molecular weight excluding hydrogens is 243 g/mol. The van der Waals surface area contributed by atoms with Crippen molar-refractivity contribution >= 4 is 11.6 Å². The molecule has 19 heavy (non-hydrogen) atoms. The predicted molar refractivity (Wildman–Crippen MR) is 68.7 cm³/mol. The van der Waals surface area contributed by atoms with Crippen molar-refractivity contribution in [1.82, 2.24) is 4.98 Å². The summed E-state index contributed by atoms with van der Waals surface area (Å²) < 4.78 is 13.4. The molecule has 92 valence electrons. The van der Waals surface area contributed by atoms with E-state index in [9.17, 15) is 9.18 Å². The van der Waals surface area contributed by atoms with E-state index >= 15 is 0 Å². The van der Waals surface area contributed by atoms with Gasteiger partial charge in [0.05, 0.1) is 5.69 Å². The van der Waals surface area contributed by atoms with E-state index in [-0.39, 0.29) is 11.6 Å². The summed E-state index contributed by atoms with van der Waals surface area (Å²) in [6, 6.07) is 3.08. The molecule has 0 aliphatic heterocycles. The quantitative estimate of drug-likeness (QED) is 0.822. The van der Waals surface area contributed by atoms with Gasteiger partial charge in [0.15, 0.2) is 0 Å². The third-order valence-corrected chi connectivity index (χ3v) is 3.52. The summed E-state index contributed by atoms with van der Waals surface area (Å²) >= 11 is 0. The fourth-order valence-electron chi connectivity index (χ4n) is 2.50. The number of anilines is 1. The lowest BCUT2D eigenvalue weighted by Crippen LogP contribution is -2.15. The third-order valence-electron chi connectivity index (χ3n) is 3.52. The van der Waals surface area contributed by atoms with Crippen LogP contribution in [0.15, 0.2) is 64.4 Å². The van der Waals surface area contributed by atoms with Crippen LogP contribution < -0.4 is 5.32 Å². The van der Waals surface area contributed by atoms with E-state index in [2.05, 4.69) is 10.3 Å². The molecule has 0 spiro atoms. The number of hydrogen-bond acceptors (Lipinski definition) is 2. The minimum Gasteiger partial charge on any atom is -0.318 e. The maximum atomic E-state index is 13.4. The minimum atomic E-state index is -0.672. The number of hydrogen-bond donors (Lipinski definition) is 1. The first-order valence-electron chi connectivity index (χ1n) is 6.03. The number of nitrogens with one attached hydrogen (secondary N) is 1. The van der Waals surface area contributed by atoms with Gasteiger partial charge in [0.25, 0.3) is 5.91 Å². The number of rotatable bonds is 2. The third kappa shape index (κ3) is 1.50. The Morgan fingerprint density at radius 1 is 1.32 bits per heavy atom. The van der Waals surface area contributed by atoms with E-state index in [1.165, 1.54) is 23.4 Å². The van der Waals surface area contributed by atoms with Crippen molar-refractivity contribution in [3.63, 3.8) is 0 Å². The Bertz CT molecular complexity index is 753. The molecule has 0 saturated heterocycles. The lowest BCUT2D eigenvalue weighted by molar-refractivity contribution is -0.112. The zero-order chi connectivity index (χ0) is 13.0. The van der Waals surface area contributed by atoms with Crippen molar-refractivity contribution in [3.8, 4) is 0 Å². The van der Waals surface area contributed by atoms with Gasteiger partial charge in [-0.2, -0.15) is 4.39 Å². The van der Waals surface area contributed by atoms with Crippen LogP contribution in [0, 0.1) is 5.95 Å². The second-order valence-electron chi connectivity index (χ2n) is 4.70. The van der Waals surface area contributed by atoms with E-state index in [4.69, 9.17) is 0 Å². The number of pyridine rings is 1. The Morgan fingerprint density at radius 3 is 3.05 bits per heavy atom. The summed E-state index contributed by atoms with van der Waals surface area (Å²) in [4.78, 5) is 15.7. The second-order valence-corrected chi connectivity index (χ2v) is 4.70. The van der Waals surface area contributed by atoms with E-state index in [1.54, 1.807) is 12.1 Å². The highest BCUT2D eigenvalue weighted by Gasteiger charge is 2.35. The molecule has 4 heteroatoms. The van der Waals surface area contributed by atoms with Crippen molar-refractivity contribution in [2.75, 3.05) is 5.32 Å². The molecule has 0 radical (unpaired) electrons. The molecule has 4 rings (SSSR count). The molecule has 1 aromatic heterocycles. The van der Waals surface area contributed by atoms with Crippen LogP contribution in [-0.4, -0.2) is 10.9 Å². The number of amides is 1. The van der Waals surface area contributed by atoms with Crippen molar-refractivity contribution in [1.29, 1.82) is 0 Å². The molecule has 0 atom stereocenters. The Kier molecular flexibility index (Phi) is 1.93. The summed E-state index contributed by atoms with van der Waals surface area (Å²) in [7, 11) is 0. The van der Waals surface area contributed by atoms with Gasteiger partial charge in [0.2, 0.25) is 5.95 Å². The monoisotopic (exact) mass is 252 g/mol. The van der Waals surface area contributed by atoms with Crippen LogP contribution in [0.2, 0.25) is 0 Å². The van der Waals surface area contributed by atoms with Gasteiger partial charge in [0, 0.05) is 11.8 Å². The summed E-state index contributed by atoms with van der Waals surface area (Å²) in [5.41, 5.74) is 5.44. The standard InChI is InChI=1S/C15H9FN2O/c16-14-13(2-1-5-17-14)18-15(19)10-4-3-9-11-6-8(11)7-12(9)10/h1-5,7H,6H2,(H,18,19). The highest BCUT2D eigenvalue weighted by Crippen LogP contribution is 2.51. The molecule has 0 bridgehead atoms. The van der Waals surface area contributed by atoms with E-state index in [0.29, 0.717) is 5.57 Å². The highest BCUT2D eigenvalue weighted by molar-refractivity contribution is 6.09. The molecule has 1 saturated carbocycles. The first kappa shape index (κ1) is 10.4. The second kappa shape index (κ2) is 3.51. The van der Waals surface area contributed by atoms with E-state index in [0.717, 1.165) is 17.6 Å². The number of fused-ring (bicyclic) bond motifs is 2. The molecule has 0 aromatic carbocycles. The van der Waals surface area contributed by atoms with E-state index < -0.39 is 5.95 Å². The molecule has 1 amide bonds. The summed E-state index contributed by atoms with van der Waals surface area (Å²) in [6.45, 7) is 0. The van der Waals surface area contributed by atoms with Crippen molar-refractivity contribution in [2.45, 2.75) is 6.42 Å². The zero-order valence-corrected chi connectivity index (χ0v) is 9.90. The topological polar surface area (TPSA) is 42.0 Å². The molecule has 3 nitrogen and oxygen atoms in total. The van der Waals surface area contributed by atoms with Gasteiger partial charge in [-0.25, -0.2) is 4.98 Å². The maximum Gasteiger partial charge on any atom is 0.256 e. The normalized spacial score (nSPS) is 18.5. The number of nitrogens with zero attached hydrogens (tertiary/aromatic N) is 1. The van der Waals surface area contributed by atoms with Gasteiger partial charge in [-0.1, -0.05) is 6.08 Å². The van der Waals surface area contributed by atoms with Crippen LogP contribution in [0.25, 0.3) is 0 Å². The van der Waals surface area contributed by atoms with Crippen LogP contribution in [-0.2, 0) is 4.79 Å². The summed E-state index contributed by atoms with van der Waals surface area (Å²) in [6.07, 6.45) is 8.16. The number of halogens is 1. The Morgan fingerprint density at radius 2 is 2.21 bits per heavy atom. The molecule has 3 aliphatic rings. The Balaban J connectivity index is 1.65. The number of carbonyl (C=O) groups excluding carboxylic acids is 1. The lowest BCUT2D eigenvalue weighted by atomic mass is 10.1. The van der Waals surface area contributed by atoms with Gasteiger partial charge in [-0.15, -0.1) is 0 Å². The molecular formula is C15H9FN2O. The molecule has 1 fully saturated rings. The summed E-state index contributed by atoms with van der Waals surface area (Å²) in [5, 5.41) is 2.56. The van der Waals surface area contributed by atoms with Gasteiger partial charge in [-0.05, 0) is 53.0 Å². The molecule has 0 unspecified atom stereocenters. The van der Waals surface area contributed by atoms with Crippen LogP contribution in [0.1, 0.15) is 6.42 Å². The Labute approximate surface area is 108 Å². The first-order chi connectivity index (χ1) is 9.24. The molecule has 1 N–H and O–H groups in total. The summed E-state index contributed by atoms with van der Waals surface area (Å²) in [5.74, 6) is -0.971. The number of carbonyl (C=O) groups is 1. The predicted octanol–water partition coefficient (Wildman–Crippen LogP) is 2.67. The molecule has 1 heterocycles. The number of allylic oxidation sites excluding steroid dienone is 6. The van der Waals surface area contributed by atoms with Crippen molar-refractivity contribution in [2.24, 2.45) is 0 Å². The average molecular weight is 252 g/mol. The number of aromatic nitrogens is 1. The highest BCUT2D eigenvalue weighted by atomic mass is 19.1. The Hall–Kier alpha value is -2.49. The average Bonchev–Trinajstić information content (AvgIpc) is 2.89. The zero-order valence-electron chi connectivity index (χ0n) is 9.90. The maximum absolute atomic E-state index is 13.4.